The van der Waals surface area contributed by atoms with Gasteiger partial charge in [-0.25, -0.2) is 4.98 Å². The molecular formula is C14H12BrClN2O3. The molecule has 0 saturated carbocycles. The van der Waals surface area contributed by atoms with Crippen LogP contribution in [0.15, 0.2) is 35.1 Å². The second kappa shape index (κ2) is 6.78. The van der Waals surface area contributed by atoms with E-state index in [9.17, 15) is 4.79 Å². The highest BCUT2D eigenvalue weighted by Gasteiger charge is 2.15. The van der Waals surface area contributed by atoms with E-state index in [-0.39, 0.29) is 5.91 Å². The summed E-state index contributed by atoms with van der Waals surface area (Å²) in [5, 5.41) is 3.11. The van der Waals surface area contributed by atoms with Gasteiger partial charge < -0.3 is 14.8 Å². The summed E-state index contributed by atoms with van der Waals surface area (Å²) in [7, 11) is 3.00. The zero-order chi connectivity index (χ0) is 15.4. The van der Waals surface area contributed by atoms with Crippen molar-refractivity contribution in [3.8, 4) is 11.5 Å². The minimum atomic E-state index is -0.325. The first kappa shape index (κ1) is 15.6. The van der Waals surface area contributed by atoms with Crippen molar-refractivity contribution in [1.29, 1.82) is 0 Å². The van der Waals surface area contributed by atoms with Crippen LogP contribution in [0.25, 0.3) is 0 Å². The predicted octanol–water partition coefficient (Wildman–Crippen LogP) is 3.77. The van der Waals surface area contributed by atoms with Crippen LogP contribution in [0.2, 0.25) is 5.02 Å². The number of anilines is 1. The third kappa shape index (κ3) is 3.46. The largest absolute Gasteiger partial charge is 0.495 e. The Morgan fingerprint density at radius 3 is 2.62 bits per heavy atom. The lowest BCUT2D eigenvalue weighted by molar-refractivity contribution is 0.102. The Labute approximate surface area is 135 Å². The van der Waals surface area contributed by atoms with Crippen molar-refractivity contribution in [3.05, 3.63) is 45.7 Å². The maximum Gasteiger partial charge on any atom is 0.258 e. The first-order valence-electron chi connectivity index (χ1n) is 5.90. The van der Waals surface area contributed by atoms with Crippen molar-refractivity contribution in [3.63, 3.8) is 0 Å². The standard InChI is InChI=1S/C14H12BrClN2O3/c1-20-11-7-12(21-2)10(6-9(11)16)18-14(19)8-4-3-5-17-13(8)15/h3-7H,1-2H3,(H,18,19). The van der Waals surface area contributed by atoms with Crippen molar-refractivity contribution in [2.24, 2.45) is 0 Å². The van der Waals surface area contributed by atoms with Crippen LogP contribution < -0.4 is 14.8 Å². The van der Waals surface area contributed by atoms with Crippen LogP contribution in [0.4, 0.5) is 5.69 Å². The fourth-order valence-electron chi connectivity index (χ4n) is 1.70. The number of methoxy groups -OCH3 is 2. The fourth-order valence-corrected chi connectivity index (χ4v) is 2.37. The van der Waals surface area contributed by atoms with Gasteiger partial charge in [-0.05, 0) is 34.1 Å². The van der Waals surface area contributed by atoms with Crippen molar-refractivity contribution in [1.82, 2.24) is 4.98 Å². The molecule has 1 aromatic heterocycles. The third-order valence-corrected chi connectivity index (χ3v) is 3.65. The lowest BCUT2D eigenvalue weighted by Gasteiger charge is -2.13. The molecule has 1 amide bonds. The highest BCUT2D eigenvalue weighted by Crippen LogP contribution is 2.36. The summed E-state index contributed by atoms with van der Waals surface area (Å²) in [5.41, 5.74) is 0.857. The van der Waals surface area contributed by atoms with Crippen molar-refractivity contribution >= 4 is 39.1 Å². The van der Waals surface area contributed by atoms with Crippen molar-refractivity contribution in [2.75, 3.05) is 19.5 Å². The van der Waals surface area contributed by atoms with E-state index >= 15 is 0 Å². The number of halogens is 2. The van der Waals surface area contributed by atoms with E-state index in [0.717, 1.165) is 0 Å². The van der Waals surface area contributed by atoms with Crippen LogP contribution in [0.1, 0.15) is 10.4 Å². The molecule has 1 aromatic carbocycles. The van der Waals surface area contributed by atoms with Crippen LogP contribution in [-0.4, -0.2) is 25.1 Å². The minimum absolute atomic E-state index is 0.325. The van der Waals surface area contributed by atoms with Gasteiger partial charge in [0.1, 0.15) is 16.1 Å². The summed E-state index contributed by atoms with van der Waals surface area (Å²) in [6.07, 6.45) is 1.59. The lowest BCUT2D eigenvalue weighted by Crippen LogP contribution is -2.13. The highest BCUT2D eigenvalue weighted by molar-refractivity contribution is 9.10. The molecule has 0 aliphatic heterocycles. The number of hydrogen-bond acceptors (Lipinski definition) is 4. The molecule has 0 atom stereocenters. The second-order valence-electron chi connectivity index (χ2n) is 3.98. The van der Waals surface area contributed by atoms with E-state index in [1.807, 2.05) is 0 Å². The van der Waals surface area contributed by atoms with Gasteiger partial charge in [-0.15, -0.1) is 0 Å². The first-order valence-corrected chi connectivity index (χ1v) is 7.07. The van der Waals surface area contributed by atoms with E-state index in [0.29, 0.717) is 32.4 Å². The Morgan fingerprint density at radius 2 is 2.00 bits per heavy atom. The maximum absolute atomic E-state index is 12.3. The number of pyridine rings is 1. The van der Waals surface area contributed by atoms with Crippen LogP contribution in [0.5, 0.6) is 11.5 Å². The van der Waals surface area contributed by atoms with E-state index < -0.39 is 0 Å². The molecule has 0 spiro atoms. The van der Waals surface area contributed by atoms with Gasteiger partial charge in [-0.1, -0.05) is 11.6 Å². The summed E-state index contributed by atoms with van der Waals surface area (Å²) < 4.78 is 10.8. The number of nitrogens with zero attached hydrogens (tertiary/aromatic N) is 1. The molecule has 21 heavy (non-hydrogen) atoms. The van der Waals surface area contributed by atoms with E-state index in [4.69, 9.17) is 21.1 Å². The summed E-state index contributed by atoms with van der Waals surface area (Å²) in [6.45, 7) is 0. The SMILES string of the molecule is COc1cc(OC)c(NC(=O)c2cccnc2Br)cc1Cl. The molecule has 0 radical (unpaired) electrons. The monoisotopic (exact) mass is 370 g/mol. The third-order valence-electron chi connectivity index (χ3n) is 2.73. The van der Waals surface area contributed by atoms with Gasteiger partial charge in [-0.2, -0.15) is 0 Å². The minimum Gasteiger partial charge on any atom is -0.495 e. The Hall–Kier alpha value is -1.79. The number of benzene rings is 1. The Morgan fingerprint density at radius 1 is 1.29 bits per heavy atom. The first-order chi connectivity index (χ1) is 10.1. The number of ether oxygens (including phenoxy) is 2. The Balaban J connectivity index is 2.33. The highest BCUT2D eigenvalue weighted by atomic mass is 79.9. The van der Waals surface area contributed by atoms with Gasteiger partial charge in [0.25, 0.3) is 5.91 Å². The summed E-state index contributed by atoms with van der Waals surface area (Å²) >= 11 is 9.30. The molecule has 0 aliphatic rings. The van der Waals surface area contributed by atoms with Gasteiger partial charge in [0.2, 0.25) is 0 Å². The van der Waals surface area contributed by atoms with E-state index in [2.05, 4.69) is 26.2 Å². The van der Waals surface area contributed by atoms with Crippen LogP contribution >= 0.6 is 27.5 Å². The zero-order valence-electron chi connectivity index (χ0n) is 11.3. The molecule has 2 rings (SSSR count). The van der Waals surface area contributed by atoms with E-state index in [1.165, 1.54) is 14.2 Å². The lowest BCUT2D eigenvalue weighted by atomic mass is 10.2. The molecule has 0 saturated heterocycles. The molecule has 0 bridgehead atoms. The fraction of sp³-hybridized carbons (Fsp3) is 0.143. The molecule has 0 aliphatic carbocycles. The van der Waals surface area contributed by atoms with Crippen LogP contribution in [-0.2, 0) is 0 Å². The topological polar surface area (TPSA) is 60.5 Å². The quantitative estimate of drug-likeness (QED) is 0.831. The number of nitrogens with one attached hydrogen (secondary N) is 1. The zero-order valence-corrected chi connectivity index (χ0v) is 13.7. The van der Waals surface area contributed by atoms with Gasteiger partial charge in [0.05, 0.1) is 30.5 Å². The Kier molecular flexibility index (Phi) is 5.03. The number of amides is 1. The van der Waals surface area contributed by atoms with Gasteiger partial charge in [0, 0.05) is 12.3 Å². The van der Waals surface area contributed by atoms with Gasteiger partial charge in [0.15, 0.2) is 0 Å². The molecule has 0 fully saturated rings. The summed E-state index contributed by atoms with van der Waals surface area (Å²) in [4.78, 5) is 16.3. The smallest absolute Gasteiger partial charge is 0.258 e. The molecular weight excluding hydrogens is 360 g/mol. The van der Waals surface area contributed by atoms with Gasteiger partial charge in [-0.3, -0.25) is 4.79 Å². The second-order valence-corrected chi connectivity index (χ2v) is 5.14. The normalized spacial score (nSPS) is 10.1. The van der Waals surface area contributed by atoms with Crippen molar-refractivity contribution < 1.29 is 14.3 Å². The summed E-state index contributed by atoms with van der Waals surface area (Å²) in [5.74, 6) is 0.591. The van der Waals surface area contributed by atoms with E-state index in [1.54, 1.807) is 30.5 Å². The van der Waals surface area contributed by atoms with Gasteiger partial charge >= 0.3 is 0 Å². The Bertz CT molecular complexity index is 679. The number of carbonyl (C=O) groups is 1. The van der Waals surface area contributed by atoms with Crippen LogP contribution in [0.3, 0.4) is 0 Å². The number of hydrogen-bond donors (Lipinski definition) is 1. The number of aromatic nitrogens is 1. The average molecular weight is 372 g/mol. The predicted molar refractivity (Wildman–Crippen MR) is 84.4 cm³/mol. The van der Waals surface area contributed by atoms with Crippen molar-refractivity contribution in [2.45, 2.75) is 0 Å². The number of rotatable bonds is 4. The molecule has 2 aromatic rings. The molecule has 110 valence electrons. The molecule has 1 N–H and O–H groups in total. The molecule has 5 nitrogen and oxygen atoms in total. The molecule has 1 heterocycles. The number of carbonyl (C=O) groups excluding carboxylic acids is 1. The van der Waals surface area contributed by atoms with Crippen LogP contribution in [0, 0.1) is 0 Å². The molecule has 7 heteroatoms. The molecule has 0 unspecified atom stereocenters. The maximum atomic E-state index is 12.3. The summed E-state index contributed by atoms with van der Waals surface area (Å²) in [6, 6.07) is 6.51. The average Bonchev–Trinajstić information content (AvgIpc) is 2.48.